The molecule has 3 aliphatic heterocycles. The fourth-order valence-electron chi connectivity index (χ4n) is 8.56. The lowest BCUT2D eigenvalue weighted by molar-refractivity contribution is -0.171. The zero-order chi connectivity index (χ0) is 29.9. The SMILES string of the molecule is CCOC(=O)[C@H]1C(C)(C)[C@H]2O[C@]1([C@H]1OC(=O)C3=C1CCCC3)C[C@@H]2O[Si](c1ccccc1)(c1ccccc1)C(C)(C)C. The van der Waals surface area contributed by atoms with Gasteiger partial charge in [0.05, 0.1) is 24.7 Å². The number of esters is 2. The Balaban J connectivity index is 1.49. The molecule has 6 rings (SSSR count). The fraction of sp³-hybridized carbons (Fsp3) is 0.543. The number of benzene rings is 2. The summed E-state index contributed by atoms with van der Waals surface area (Å²) in [6, 6.07) is 21.2. The van der Waals surface area contributed by atoms with Gasteiger partial charge < -0.3 is 18.6 Å². The van der Waals surface area contributed by atoms with Crippen LogP contribution in [0.3, 0.4) is 0 Å². The lowest BCUT2D eigenvalue weighted by atomic mass is 9.60. The van der Waals surface area contributed by atoms with E-state index < -0.39 is 31.4 Å². The van der Waals surface area contributed by atoms with E-state index >= 15 is 0 Å². The van der Waals surface area contributed by atoms with Crippen LogP contribution in [0.4, 0.5) is 0 Å². The van der Waals surface area contributed by atoms with Crippen LogP contribution in [0, 0.1) is 11.3 Å². The maximum absolute atomic E-state index is 13.8. The van der Waals surface area contributed by atoms with Crippen LogP contribution < -0.4 is 10.4 Å². The lowest BCUT2D eigenvalue weighted by Crippen LogP contribution is -2.69. The van der Waals surface area contributed by atoms with Crippen LogP contribution in [0.1, 0.15) is 73.6 Å². The highest BCUT2D eigenvalue weighted by molar-refractivity contribution is 6.99. The third-order valence-corrected chi connectivity index (χ3v) is 15.2. The molecule has 42 heavy (non-hydrogen) atoms. The Kier molecular flexibility index (Phi) is 7.30. The van der Waals surface area contributed by atoms with Gasteiger partial charge in [-0.25, -0.2) is 4.79 Å². The molecule has 0 N–H and O–H groups in total. The molecule has 2 saturated heterocycles. The predicted molar refractivity (Wildman–Crippen MR) is 164 cm³/mol. The molecule has 0 saturated carbocycles. The topological polar surface area (TPSA) is 71.1 Å². The van der Waals surface area contributed by atoms with Crippen LogP contribution in [0.15, 0.2) is 71.8 Å². The highest BCUT2D eigenvalue weighted by Gasteiger charge is 2.75. The molecule has 4 aliphatic rings. The van der Waals surface area contributed by atoms with E-state index in [1.54, 1.807) is 0 Å². The number of fused-ring (bicyclic) bond motifs is 2. The van der Waals surface area contributed by atoms with Crippen molar-refractivity contribution in [3.63, 3.8) is 0 Å². The second-order valence-corrected chi connectivity index (χ2v) is 18.3. The number of cyclic esters (lactones) is 1. The Labute approximate surface area is 250 Å². The van der Waals surface area contributed by atoms with Gasteiger partial charge in [-0.2, -0.15) is 0 Å². The van der Waals surface area contributed by atoms with Crippen molar-refractivity contribution in [1.29, 1.82) is 0 Å². The highest BCUT2D eigenvalue weighted by atomic mass is 28.4. The second-order valence-electron chi connectivity index (χ2n) is 14.0. The highest BCUT2D eigenvalue weighted by Crippen LogP contribution is 2.63. The van der Waals surface area contributed by atoms with Crippen LogP contribution in [0.2, 0.25) is 5.04 Å². The summed E-state index contributed by atoms with van der Waals surface area (Å²) in [4.78, 5) is 26.9. The van der Waals surface area contributed by atoms with Gasteiger partial charge in [-0.05, 0) is 53.6 Å². The van der Waals surface area contributed by atoms with Gasteiger partial charge in [-0.15, -0.1) is 0 Å². The first kappa shape index (κ1) is 29.3. The quantitative estimate of drug-likeness (QED) is 0.315. The van der Waals surface area contributed by atoms with Gasteiger partial charge in [-0.1, -0.05) is 95.3 Å². The molecule has 224 valence electrons. The molecule has 2 aromatic rings. The van der Waals surface area contributed by atoms with Crippen molar-refractivity contribution in [3.05, 3.63) is 71.8 Å². The van der Waals surface area contributed by atoms with Crippen LogP contribution in [0.25, 0.3) is 0 Å². The van der Waals surface area contributed by atoms with Crippen molar-refractivity contribution >= 4 is 30.6 Å². The molecule has 0 unspecified atom stereocenters. The number of carbonyl (C=O) groups excluding carboxylic acids is 2. The molecule has 2 aromatic carbocycles. The van der Waals surface area contributed by atoms with E-state index in [1.807, 2.05) is 19.1 Å². The van der Waals surface area contributed by atoms with Crippen molar-refractivity contribution in [1.82, 2.24) is 0 Å². The van der Waals surface area contributed by atoms with E-state index in [2.05, 4.69) is 83.1 Å². The Hall–Kier alpha value is -2.74. The number of ether oxygens (including phenoxy) is 3. The second kappa shape index (κ2) is 10.5. The molecule has 5 atom stereocenters. The summed E-state index contributed by atoms with van der Waals surface area (Å²) in [5.41, 5.74) is 0.151. The molecule has 0 aromatic heterocycles. The number of hydrogen-bond acceptors (Lipinski definition) is 6. The van der Waals surface area contributed by atoms with Gasteiger partial charge in [-0.3, -0.25) is 4.79 Å². The zero-order valence-electron chi connectivity index (χ0n) is 25.8. The van der Waals surface area contributed by atoms with Crippen LogP contribution in [-0.4, -0.2) is 50.8 Å². The number of rotatable bonds is 7. The van der Waals surface area contributed by atoms with Gasteiger partial charge in [0, 0.05) is 17.4 Å². The first-order valence-electron chi connectivity index (χ1n) is 15.5. The first-order chi connectivity index (χ1) is 20.0. The summed E-state index contributed by atoms with van der Waals surface area (Å²) in [5, 5.41) is 2.18. The van der Waals surface area contributed by atoms with Crippen molar-refractivity contribution in [2.75, 3.05) is 6.61 Å². The van der Waals surface area contributed by atoms with Crippen molar-refractivity contribution in [2.24, 2.45) is 11.3 Å². The van der Waals surface area contributed by atoms with Gasteiger partial charge in [0.1, 0.15) is 5.60 Å². The largest absolute Gasteiger partial charge is 0.466 e. The normalized spacial score (nSPS) is 30.3. The Bertz CT molecular complexity index is 1340. The van der Waals surface area contributed by atoms with Gasteiger partial charge in [0.25, 0.3) is 8.32 Å². The van der Waals surface area contributed by atoms with Crippen molar-refractivity contribution in [2.45, 2.75) is 103 Å². The van der Waals surface area contributed by atoms with Crippen LogP contribution in [0.5, 0.6) is 0 Å². The Morgan fingerprint density at radius 1 is 0.976 bits per heavy atom. The lowest BCUT2D eigenvalue weighted by Gasteiger charge is -2.49. The number of hydrogen-bond donors (Lipinski definition) is 0. The van der Waals surface area contributed by atoms with Gasteiger partial charge in [0.15, 0.2) is 6.10 Å². The minimum absolute atomic E-state index is 0.214. The van der Waals surface area contributed by atoms with Crippen molar-refractivity contribution in [3.8, 4) is 0 Å². The molecule has 2 fully saturated rings. The zero-order valence-corrected chi connectivity index (χ0v) is 26.8. The predicted octanol–water partition coefficient (Wildman–Crippen LogP) is 5.47. The Morgan fingerprint density at radius 3 is 2.14 bits per heavy atom. The van der Waals surface area contributed by atoms with Crippen molar-refractivity contribution < 1.29 is 28.2 Å². The van der Waals surface area contributed by atoms with Crippen LogP contribution >= 0.6 is 0 Å². The van der Waals surface area contributed by atoms with E-state index in [1.165, 1.54) is 10.4 Å². The van der Waals surface area contributed by atoms with E-state index in [0.29, 0.717) is 6.42 Å². The minimum atomic E-state index is -2.92. The standard InChI is InChI=1S/C35H44O6Si/c1-7-38-32(37)28-34(5,6)30-27(22-35(28,40-30)29-25-20-14-15-21-26(25)31(36)39-29)41-42(33(2,3)4,23-16-10-8-11-17-23)24-18-12-9-13-19-24/h8-13,16-19,27-30H,7,14-15,20-22H2,1-6H3/t27-,28-,29-,30-,35+/m0/s1. The molecular weight excluding hydrogens is 544 g/mol. The fourth-order valence-corrected chi connectivity index (χ4v) is 13.2. The molecule has 6 nitrogen and oxygen atoms in total. The molecule has 2 bridgehead atoms. The maximum Gasteiger partial charge on any atom is 0.334 e. The average Bonchev–Trinajstić information content (AvgIpc) is 3.58. The molecule has 0 spiro atoms. The summed E-state index contributed by atoms with van der Waals surface area (Å²) in [6.45, 7) is 13.1. The minimum Gasteiger partial charge on any atom is -0.466 e. The van der Waals surface area contributed by atoms with E-state index in [9.17, 15) is 9.59 Å². The molecule has 1 aliphatic carbocycles. The summed E-state index contributed by atoms with van der Waals surface area (Å²) in [6.07, 6.45) is 2.67. The Morgan fingerprint density at radius 2 is 1.57 bits per heavy atom. The molecular formula is C35H44O6Si. The summed E-state index contributed by atoms with van der Waals surface area (Å²) in [5.74, 6) is -1.12. The van der Waals surface area contributed by atoms with Crippen LogP contribution in [-0.2, 0) is 28.2 Å². The molecule has 0 amide bonds. The summed E-state index contributed by atoms with van der Waals surface area (Å²) in [7, 11) is -2.92. The molecule has 3 heterocycles. The monoisotopic (exact) mass is 588 g/mol. The average molecular weight is 589 g/mol. The van der Waals surface area contributed by atoms with Gasteiger partial charge in [0.2, 0.25) is 0 Å². The molecule has 0 radical (unpaired) electrons. The molecule has 7 heteroatoms. The third kappa shape index (κ3) is 4.26. The third-order valence-electron chi connectivity index (χ3n) is 10.2. The maximum atomic E-state index is 13.8. The summed E-state index contributed by atoms with van der Waals surface area (Å²) < 4.78 is 26.6. The summed E-state index contributed by atoms with van der Waals surface area (Å²) >= 11 is 0. The van der Waals surface area contributed by atoms with E-state index in [0.717, 1.165) is 36.8 Å². The first-order valence-corrected chi connectivity index (χ1v) is 17.4. The van der Waals surface area contributed by atoms with E-state index in [-0.39, 0.29) is 35.8 Å². The number of carbonyl (C=O) groups is 2. The van der Waals surface area contributed by atoms with Gasteiger partial charge >= 0.3 is 11.9 Å². The smallest absolute Gasteiger partial charge is 0.334 e. The van der Waals surface area contributed by atoms with E-state index in [4.69, 9.17) is 18.6 Å².